The van der Waals surface area contributed by atoms with Crippen LogP contribution in [0.5, 0.6) is 0 Å². The largest absolute Gasteiger partial charge is 0.433 e. The Kier molecular flexibility index (Phi) is 4.92. The quantitative estimate of drug-likeness (QED) is 0.587. The first-order valence-electron chi connectivity index (χ1n) is 7.78. The molecule has 28 heavy (non-hydrogen) atoms. The van der Waals surface area contributed by atoms with Crippen LogP contribution in [0.1, 0.15) is 23.0 Å². The van der Waals surface area contributed by atoms with Gasteiger partial charge in [-0.05, 0) is 23.7 Å². The molecule has 0 spiro atoms. The lowest BCUT2D eigenvalue weighted by atomic mass is 10.2. The molecule has 0 atom stereocenters. The molecular formula is C16H12ClF3N4O3S. The molecule has 0 aliphatic heterocycles. The van der Waals surface area contributed by atoms with E-state index in [4.69, 9.17) is 11.6 Å². The van der Waals surface area contributed by atoms with E-state index in [1.54, 1.807) is 0 Å². The molecule has 0 unspecified atom stereocenters. The minimum atomic E-state index is -4.65. The molecule has 0 bridgehead atoms. The fraction of sp³-hybridized carbons (Fsp3) is 0.250. The number of fused-ring (bicyclic) bond motifs is 1. The summed E-state index contributed by atoms with van der Waals surface area (Å²) < 4.78 is 65.1. The van der Waals surface area contributed by atoms with Crippen molar-refractivity contribution in [3.8, 4) is 11.5 Å². The summed E-state index contributed by atoms with van der Waals surface area (Å²) >= 11 is 5.41. The summed E-state index contributed by atoms with van der Waals surface area (Å²) in [5, 5.41) is -0.893. The first-order valence-corrected chi connectivity index (χ1v) is 9.81. The molecule has 0 radical (unpaired) electrons. The average molecular weight is 433 g/mol. The van der Waals surface area contributed by atoms with Gasteiger partial charge >= 0.3 is 6.18 Å². The Morgan fingerprint density at radius 3 is 2.46 bits per heavy atom. The van der Waals surface area contributed by atoms with Crippen LogP contribution in [0.25, 0.3) is 22.6 Å². The van der Waals surface area contributed by atoms with Crippen LogP contribution < -0.4 is 0 Å². The van der Waals surface area contributed by atoms with Crippen molar-refractivity contribution in [1.82, 2.24) is 19.5 Å². The third kappa shape index (κ3) is 3.47. The van der Waals surface area contributed by atoms with Crippen molar-refractivity contribution < 1.29 is 26.4 Å². The molecule has 0 amide bonds. The van der Waals surface area contributed by atoms with Crippen LogP contribution in [0.15, 0.2) is 29.4 Å². The molecular weight excluding hydrogens is 421 g/mol. The van der Waals surface area contributed by atoms with E-state index >= 15 is 0 Å². The fourth-order valence-corrected chi connectivity index (χ4v) is 3.73. The molecule has 12 heteroatoms. The number of sulfone groups is 1. The Hall–Kier alpha value is -2.53. The topological polar surface area (TPSA) is 94.8 Å². The highest BCUT2D eigenvalue weighted by atomic mass is 35.5. The van der Waals surface area contributed by atoms with Crippen LogP contribution >= 0.6 is 11.6 Å². The highest BCUT2D eigenvalue weighted by Crippen LogP contribution is 2.32. The summed E-state index contributed by atoms with van der Waals surface area (Å²) in [5.74, 6) is -0.276. The third-order valence-electron chi connectivity index (χ3n) is 4.06. The molecule has 0 saturated heterocycles. The lowest BCUT2D eigenvalue weighted by molar-refractivity contribution is -0.141. The standard InChI is InChI=1S/C16H12ClF3N4O3S/c1-3-28(26,27)11-4-8(14(17)25)6-22-13(11)15-23-9-5-12(16(18,19)20)21-7-10(9)24(15)2/h4-7H,3H2,1-2H3. The van der Waals surface area contributed by atoms with Gasteiger partial charge in [-0.25, -0.2) is 18.4 Å². The van der Waals surface area contributed by atoms with E-state index < -0.39 is 26.9 Å². The lowest BCUT2D eigenvalue weighted by Crippen LogP contribution is -2.10. The summed E-state index contributed by atoms with van der Waals surface area (Å²) in [4.78, 5) is 22.6. The fourth-order valence-electron chi connectivity index (χ4n) is 2.57. The van der Waals surface area contributed by atoms with Gasteiger partial charge in [-0.3, -0.25) is 9.78 Å². The number of rotatable bonds is 4. The van der Waals surface area contributed by atoms with E-state index in [0.717, 1.165) is 24.5 Å². The van der Waals surface area contributed by atoms with E-state index in [-0.39, 0.29) is 38.8 Å². The number of halogens is 4. The molecule has 7 nitrogen and oxygen atoms in total. The second-order valence-electron chi connectivity index (χ2n) is 5.80. The number of carbonyl (C=O) groups is 1. The first kappa shape index (κ1) is 20.2. The number of aromatic nitrogens is 4. The van der Waals surface area contributed by atoms with E-state index in [2.05, 4.69) is 15.0 Å². The van der Waals surface area contributed by atoms with Crippen molar-refractivity contribution in [1.29, 1.82) is 0 Å². The number of alkyl halides is 3. The van der Waals surface area contributed by atoms with Gasteiger partial charge in [0, 0.05) is 13.2 Å². The highest BCUT2D eigenvalue weighted by molar-refractivity contribution is 7.91. The Balaban J connectivity index is 2.30. The number of hydrogen-bond acceptors (Lipinski definition) is 6. The third-order valence-corrected chi connectivity index (χ3v) is 6.02. The monoisotopic (exact) mass is 432 g/mol. The minimum Gasteiger partial charge on any atom is -0.324 e. The first-order chi connectivity index (χ1) is 13.0. The number of nitrogens with zero attached hydrogens (tertiary/aromatic N) is 4. The Morgan fingerprint density at radius 2 is 1.89 bits per heavy atom. The molecule has 0 N–H and O–H groups in total. The minimum absolute atomic E-state index is 0.0109. The van der Waals surface area contributed by atoms with Gasteiger partial charge in [0.25, 0.3) is 5.24 Å². The molecule has 0 fully saturated rings. The van der Waals surface area contributed by atoms with E-state index in [9.17, 15) is 26.4 Å². The van der Waals surface area contributed by atoms with Crippen molar-refractivity contribution >= 4 is 37.7 Å². The van der Waals surface area contributed by atoms with Gasteiger partial charge < -0.3 is 4.57 Å². The summed E-state index contributed by atoms with van der Waals surface area (Å²) in [7, 11) is -2.35. The second kappa shape index (κ2) is 6.82. The van der Waals surface area contributed by atoms with Crippen molar-refractivity contribution in [3.63, 3.8) is 0 Å². The molecule has 0 aromatic carbocycles. The van der Waals surface area contributed by atoms with Crippen LogP contribution in [0.2, 0.25) is 0 Å². The predicted molar refractivity (Wildman–Crippen MR) is 94.7 cm³/mol. The number of pyridine rings is 2. The molecule has 0 saturated carbocycles. The summed E-state index contributed by atoms with van der Waals surface area (Å²) in [5.41, 5.74) is -1.13. The van der Waals surface area contributed by atoms with Crippen LogP contribution in [-0.4, -0.2) is 38.9 Å². The van der Waals surface area contributed by atoms with Gasteiger partial charge in [0.05, 0.1) is 33.4 Å². The molecule has 3 rings (SSSR count). The maximum atomic E-state index is 12.9. The number of hydrogen-bond donors (Lipinski definition) is 0. The molecule has 0 aliphatic carbocycles. The molecule has 3 aromatic heterocycles. The smallest absolute Gasteiger partial charge is 0.324 e. The average Bonchev–Trinajstić information content (AvgIpc) is 2.96. The maximum absolute atomic E-state index is 12.9. The second-order valence-corrected chi connectivity index (χ2v) is 8.39. The van der Waals surface area contributed by atoms with Crippen molar-refractivity contribution in [2.45, 2.75) is 18.0 Å². The highest BCUT2D eigenvalue weighted by Gasteiger charge is 2.33. The normalized spacial score (nSPS) is 12.5. The van der Waals surface area contributed by atoms with Crippen molar-refractivity contribution in [2.24, 2.45) is 7.05 Å². The molecule has 148 valence electrons. The molecule has 0 aliphatic rings. The van der Waals surface area contributed by atoms with Crippen LogP contribution in [0.4, 0.5) is 13.2 Å². The van der Waals surface area contributed by atoms with Crippen LogP contribution in [-0.2, 0) is 23.1 Å². The SMILES string of the molecule is CCS(=O)(=O)c1cc(C(=O)Cl)cnc1-c1nc2cc(C(F)(F)F)ncc2n1C. The van der Waals surface area contributed by atoms with Gasteiger partial charge in [0.15, 0.2) is 15.7 Å². The number of imidazole rings is 1. The summed E-state index contributed by atoms with van der Waals surface area (Å²) in [6.45, 7) is 1.41. The Morgan fingerprint density at radius 1 is 1.21 bits per heavy atom. The van der Waals surface area contributed by atoms with Crippen molar-refractivity contribution in [2.75, 3.05) is 5.75 Å². The van der Waals surface area contributed by atoms with Crippen LogP contribution in [0, 0.1) is 0 Å². The maximum Gasteiger partial charge on any atom is 0.433 e. The summed E-state index contributed by atoms with van der Waals surface area (Å²) in [6.07, 6.45) is -2.57. The van der Waals surface area contributed by atoms with E-state index in [1.807, 2.05) is 0 Å². The van der Waals surface area contributed by atoms with Crippen LogP contribution in [0.3, 0.4) is 0 Å². The number of carbonyl (C=O) groups excluding carboxylic acids is 1. The number of aryl methyl sites for hydroxylation is 1. The zero-order valence-electron chi connectivity index (χ0n) is 14.5. The van der Waals surface area contributed by atoms with Gasteiger partial charge in [-0.2, -0.15) is 13.2 Å². The van der Waals surface area contributed by atoms with Gasteiger partial charge in [-0.15, -0.1) is 0 Å². The zero-order valence-corrected chi connectivity index (χ0v) is 16.0. The lowest BCUT2D eigenvalue weighted by Gasteiger charge is -2.09. The predicted octanol–water partition coefficient (Wildman–Crippen LogP) is 3.22. The Bertz CT molecular complexity index is 1210. The zero-order chi connectivity index (χ0) is 20.9. The molecule has 3 aromatic rings. The van der Waals surface area contributed by atoms with E-state index in [1.165, 1.54) is 18.5 Å². The van der Waals surface area contributed by atoms with Gasteiger partial charge in [0.2, 0.25) is 0 Å². The van der Waals surface area contributed by atoms with Gasteiger partial charge in [0.1, 0.15) is 11.4 Å². The summed E-state index contributed by atoms with van der Waals surface area (Å²) in [6, 6.07) is 1.85. The van der Waals surface area contributed by atoms with Crippen molar-refractivity contribution in [3.05, 3.63) is 35.8 Å². The van der Waals surface area contributed by atoms with Gasteiger partial charge in [-0.1, -0.05) is 6.92 Å². The van der Waals surface area contributed by atoms with E-state index in [0.29, 0.717) is 0 Å². The Labute approximate surface area is 162 Å². The molecule has 3 heterocycles.